The van der Waals surface area contributed by atoms with Gasteiger partial charge in [0.25, 0.3) is 5.91 Å². The molecule has 4 heteroatoms. The quantitative estimate of drug-likeness (QED) is 0.745. The molecule has 0 radical (unpaired) electrons. The maximum Gasteiger partial charge on any atom is 0.258 e. The zero-order chi connectivity index (χ0) is 17.8. The van der Waals surface area contributed by atoms with Crippen LogP contribution in [0, 0.1) is 6.92 Å². The molecule has 0 unspecified atom stereocenters. The van der Waals surface area contributed by atoms with Crippen LogP contribution in [-0.2, 0) is 0 Å². The molecule has 0 aliphatic heterocycles. The normalized spacial score (nSPS) is 10.7. The predicted octanol–water partition coefficient (Wildman–Crippen LogP) is 4.83. The Morgan fingerprint density at radius 2 is 1.64 bits per heavy atom. The smallest absolute Gasteiger partial charge is 0.258 e. The summed E-state index contributed by atoms with van der Waals surface area (Å²) in [6.07, 6.45) is 3.13. The molecule has 4 nitrogen and oxygen atoms in total. The number of amides is 1. The molecule has 0 aliphatic carbocycles. The highest BCUT2D eigenvalue weighted by atomic mass is 16.1. The Morgan fingerprint density at radius 3 is 2.28 bits per heavy atom. The van der Waals surface area contributed by atoms with Crippen LogP contribution in [-0.4, -0.2) is 15.9 Å². The first-order chi connectivity index (χ1) is 12.1. The number of hydrogen-bond acceptors (Lipinski definition) is 3. The third kappa shape index (κ3) is 3.74. The monoisotopic (exact) mass is 331 g/mol. The number of carbonyl (C=O) groups is 1. The number of aryl methyl sites for hydroxylation is 1. The topological polar surface area (TPSA) is 54.9 Å². The van der Waals surface area contributed by atoms with E-state index in [9.17, 15) is 4.79 Å². The standard InChI is InChI=1S/C21H21N3O/c1-14(2)18-11-7-8-15(3)19(18)24-21(25)17-12-22-20(23-13-17)16-9-5-4-6-10-16/h4-14H,1-3H3,(H,24,25). The average molecular weight is 331 g/mol. The molecule has 1 N–H and O–H groups in total. The third-order valence-electron chi connectivity index (χ3n) is 4.11. The van der Waals surface area contributed by atoms with E-state index in [0.29, 0.717) is 17.3 Å². The Kier molecular flexibility index (Phi) is 4.89. The summed E-state index contributed by atoms with van der Waals surface area (Å²) in [6.45, 7) is 6.22. The van der Waals surface area contributed by atoms with Crippen molar-refractivity contribution in [3.05, 3.63) is 77.6 Å². The van der Waals surface area contributed by atoms with Crippen molar-refractivity contribution in [2.75, 3.05) is 5.32 Å². The van der Waals surface area contributed by atoms with Crippen molar-refractivity contribution in [2.24, 2.45) is 0 Å². The van der Waals surface area contributed by atoms with Crippen molar-refractivity contribution < 1.29 is 4.79 Å². The molecular formula is C21H21N3O. The molecule has 0 saturated carbocycles. The number of nitrogens with one attached hydrogen (secondary N) is 1. The number of para-hydroxylation sites is 1. The first kappa shape index (κ1) is 16.8. The molecule has 0 spiro atoms. The molecule has 0 aliphatic rings. The summed E-state index contributed by atoms with van der Waals surface area (Å²) >= 11 is 0. The molecule has 0 bridgehead atoms. The average Bonchev–Trinajstić information content (AvgIpc) is 2.64. The molecule has 126 valence electrons. The second kappa shape index (κ2) is 7.26. The molecule has 0 fully saturated rings. The molecule has 3 aromatic rings. The summed E-state index contributed by atoms with van der Waals surface area (Å²) in [4.78, 5) is 21.2. The van der Waals surface area contributed by atoms with Gasteiger partial charge in [-0.1, -0.05) is 62.4 Å². The van der Waals surface area contributed by atoms with E-state index < -0.39 is 0 Å². The number of nitrogens with zero attached hydrogens (tertiary/aromatic N) is 2. The van der Waals surface area contributed by atoms with Crippen LogP contribution < -0.4 is 5.32 Å². The molecule has 2 aromatic carbocycles. The Labute approximate surface area is 148 Å². The van der Waals surface area contributed by atoms with E-state index in [1.54, 1.807) is 12.4 Å². The van der Waals surface area contributed by atoms with Crippen molar-refractivity contribution in [2.45, 2.75) is 26.7 Å². The summed E-state index contributed by atoms with van der Waals surface area (Å²) in [5.41, 5.74) is 4.40. The van der Waals surface area contributed by atoms with Crippen molar-refractivity contribution in [3.8, 4) is 11.4 Å². The molecule has 25 heavy (non-hydrogen) atoms. The van der Waals surface area contributed by atoms with Gasteiger partial charge in [-0.15, -0.1) is 0 Å². The van der Waals surface area contributed by atoms with Crippen LogP contribution in [0.2, 0.25) is 0 Å². The van der Waals surface area contributed by atoms with E-state index in [1.807, 2.05) is 55.5 Å². The van der Waals surface area contributed by atoms with Gasteiger partial charge in [-0.2, -0.15) is 0 Å². The highest BCUT2D eigenvalue weighted by molar-refractivity contribution is 6.04. The van der Waals surface area contributed by atoms with Crippen LogP contribution in [0.4, 0.5) is 5.69 Å². The summed E-state index contributed by atoms with van der Waals surface area (Å²) in [5, 5.41) is 3.02. The van der Waals surface area contributed by atoms with Gasteiger partial charge >= 0.3 is 0 Å². The van der Waals surface area contributed by atoms with Crippen LogP contribution in [0.1, 0.15) is 41.3 Å². The molecular weight excluding hydrogens is 310 g/mol. The summed E-state index contributed by atoms with van der Waals surface area (Å²) in [6, 6.07) is 15.8. The largest absolute Gasteiger partial charge is 0.321 e. The molecule has 0 atom stereocenters. The van der Waals surface area contributed by atoms with Gasteiger partial charge in [0.15, 0.2) is 5.82 Å². The Bertz CT molecular complexity index is 871. The number of hydrogen-bond donors (Lipinski definition) is 1. The fourth-order valence-corrected chi connectivity index (χ4v) is 2.71. The number of rotatable bonds is 4. The van der Waals surface area contributed by atoms with Crippen LogP contribution in [0.15, 0.2) is 60.9 Å². The van der Waals surface area contributed by atoms with E-state index in [0.717, 1.165) is 22.4 Å². The Balaban J connectivity index is 1.83. The van der Waals surface area contributed by atoms with E-state index >= 15 is 0 Å². The third-order valence-corrected chi connectivity index (χ3v) is 4.11. The molecule has 0 saturated heterocycles. The minimum Gasteiger partial charge on any atom is -0.321 e. The Hall–Kier alpha value is -3.01. The molecule has 1 heterocycles. The van der Waals surface area contributed by atoms with Gasteiger partial charge in [-0.3, -0.25) is 4.79 Å². The SMILES string of the molecule is Cc1cccc(C(C)C)c1NC(=O)c1cnc(-c2ccccc2)nc1. The van der Waals surface area contributed by atoms with E-state index in [2.05, 4.69) is 29.1 Å². The summed E-state index contributed by atoms with van der Waals surface area (Å²) in [5.74, 6) is 0.735. The van der Waals surface area contributed by atoms with Gasteiger partial charge in [0.05, 0.1) is 5.56 Å². The van der Waals surface area contributed by atoms with E-state index in [4.69, 9.17) is 0 Å². The number of aromatic nitrogens is 2. The van der Waals surface area contributed by atoms with E-state index in [1.165, 1.54) is 0 Å². The van der Waals surface area contributed by atoms with E-state index in [-0.39, 0.29) is 5.91 Å². The predicted molar refractivity (Wildman–Crippen MR) is 101 cm³/mol. The summed E-state index contributed by atoms with van der Waals surface area (Å²) in [7, 11) is 0. The van der Waals surface area contributed by atoms with Gasteiger partial charge in [0, 0.05) is 23.6 Å². The van der Waals surface area contributed by atoms with Crippen molar-refractivity contribution >= 4 is 11.6 Å². The highest BCUT2D eigenvalue weighted by Crippen LogP contribution is 2.27. The van der Waals surface area contributed by atoms with Crippen molar-refractivity contribution in [3.63, 3.8) is 0 Å². The highest BCUT2D eigenvalue weighted by Gasteiger charge is 2.14. The van der Waals surface area contributed by atoms with Crippen LogP contribution in [0.5, 0.6) is 0 Å². The lowest BCUT2D eigenvalue weighted by Crippen LogP contribution is -2.15. The minimum atomic E-state index is -0.198. The fraction of sp³-hybridized carbons (Fsp3) is 0.190. The lowest BCUT2D eigenvalue weighted by atomic mass is 9.98. The number of benzene rings is 2. The molecule has 3 rings (SSSR count). The molecule has 1 amide bonds. The number of carbonyl (C=O) groups excluding carboxylic acids is 1. The zero-order valence-electron chi connectivity index (χ0n) is 14.7. The lowest BCUT2D eigenvalue weighted by Gasteiger charge is -2.16. The maximum absolute atomic E-state index is 12.6. The van der Waals surface area contributed by atoms with Gasteiger partial charge < -0.3 is 5.32 Å². The van der Waals surface area contributed by atoms with Gasteiger partial charge in [0.2, 0.25) is 0 Å². The minimum absolute atomic E-state index is 0.198. The second-order valence-corrected chi connectivity index (χ2v) is 6.31. The summed E-state index contributed by atoms with van der Waals surface area (Å²) < 4.78 is 0. The van der Waals surface area contributed by atoms with Crippen molar-refractivity contribution in [1.29, 1.82) is 0 Å². The fourth-order valence-electron chi connectivity index (χ4n) is 2.71. The molecule has 1 aromatic heterocycles. The zero-order valence-corrected chi connectivity index (χ0v) is 14.7. The lowest BCUT2D eigenvalue weighted by molar-refractivity contribution is 0.102. The van der Waals surface area contributed by atoms with Crippen molar-refractivity contribution in [1.82, 2.24) is 9.97 Å². The maximum atomic E-state index is 12.6. The van der Waals surface area contributed by atoms with Crippen LogP contribution in [0.25, 0.3) is 11.4 Å². The van der Waals surface area contributed by atoms with Crippen LogP contribution >= 0.6 is 0 Å². The van der Waals surface area contributed by atoms with Gasteiger partial charge in [0.1, 0.15) is 0 Å². The van der Waals surface area contributed by atoms with Crippen LogP contribution in [0.3, 0.4) is 0 Å². The van der Waals surface area contributed by atoms with Gasteiger partial charge in [-0.05, 0) is 24.0 Å². The second-order valence-electron chi connectivity index (χ2n) is 6.31. The first-order valence-corrected chi connectivity index (χ1v) is 8.34. The Morgan fingerprint density at radius 1 is 0.960 bits per heavy atom. The van der Waals surface area contributed by atoms with Gasteiger partial charge in [-0.25, -0.2) is 9.97 Å². The first-order valence-electron chi connectivity index (χ1n) is 8.34. The number of anilines is 1.